The van der Waals surface area contributed by atoms with E-state index in [1.807, 2.05) is 18.2 Å². The molecule has 2 nitrogen and oxygen atoms in total. The summed E-state index contributed by atoms with van der Waals surface area (Å²) in [4.78, 5) is 2.21. The highest BCUT2D eigenvalue weighted by Crippen LogP contribution is 2.35. The van der Waals surface area contributed by atoms with E-state index in [4.69, 9.17) is 0 Å². The molecule has 1 aliphatic heterocycles. The average Bonchev–Trinajstić information content (AvgIpc) is 2.81. The lowest BCUT2D eigenvalue weighted by Gasteiger charge is -2.27. The Morgan fingerprint density at radius 1 is 1.16 bits per heavy atom. The van der Waals surface area contributed by atoms with Crippen molar-refractivity contribution >= 4 is 5.69 Å². The Labute approximate surface area is 112 Å². The Morgan fingerprint density at radius 2 is 1.89 bits per heavy atom. The number of phenols is 1. The maximum Gasteiger partial charge on any atom is 0.125 e. The minimum absolute atomic E-state index is 0.170. The fourth-order valence-corrected chi connectivity index (χ4v) is 2.71. The molecule has 1 N–H and O–H groups in total. The molecule has 0 bridgehead atoms. The van der Waals surface area contributed by atoms with Gasteiger partial charge < -0.3 is 10.0 Å². The van der Waals surface area contributed by atoms with Crippen molar-refractivity contribution in [1.82, 2.24) is 0 Å². The normalized spacial score (nSPS) is 15.4. The van der Waals surface area contributed by atoms with Crippen LogP contribution in [0.2, 0.25) is 0 Å². The number of halogens is 1. The van der Waals surface area contributed by atoms with Crippen molar-refractivity contribution in [1.29, 1.82) is 0 Å². The first-order chi connectivity index (χ1) is 9.15. The van der Waals surface area contributed by atoms with E-state index in [0.29, 0.717) is 0 Å². The van der Waals surface area contributed by atoms with E-state index in [9.17, 15) is 9.50 Å². The molecule has 0 fully saturated rings. The van der Waals surface area contributed by atoms with Crippen LogP contribution in [0.1, 0.15) is 24.1 Å². The fraction of sp³-hybridized carbons (Fsp3) is 0.250. The van der Waals surface area contributed by atoms with Gasteiger partial charge >= 0.3 is 0 Å². The first-order valence-corrected chi connectivity index (χ1v) is 6.49. The number of benzene rings is 2. The van der Waals surface area contributed by atoms with Gasteiger partial charge in [-0.25, -0.2) is 4.39 Å². The lowest BCUT2D eigenvalue weighted by atomic mass is 10.1. The van der Waals surface area contributed by atoms with Crippen LogP contribution in [-0.4, -0.2) is 11.7 Å². The van der Waals surface area contributed by atoms with Gasteiger partial charge in [-0.2, -0.15) is 0 Å². The van der Waals surface area contributed by atoms with E-state index in [1.54, 1.807) is 18.2 Å². The molecule has 3 heteroatoms. The van der Waals surface area contributed by atoms with Crippen LogP contribution >= 0.6 is 0 Å². The quantitative estimate of drug-likeness (QED) is 0.887. The van der Waals surface area contributed by atoms with Gasteiger partial charge in [-0.1, -0.05) is 18.2 Å². The van der Waals surface area contributed by atoms with Gasteiger partial charge in [0.2, 0.25) is 0 Å². The monoisotopic (exact) mass is 257 g/mol. The predicted octanol–water partition coefficient (Wildman–Crippen LogP) is 3.66. The molecule has 1 aliphatic rings. The first kappa shape index (κ1) is 12.0. The minimum atomic E-state index is -0.191. The number of nitrogens with zero attached hydrogens (tertiary/aromatic N) is 1. The zero-order valence-corrected chi connectivity index (χ0v) is 10.8. The van der Waals surface area contributed by atoms with Gasteiger partial charge in [0.1, 0.15) is 11.6 Å². The van der Waals surface area contributed by atoms with Crippen molar-refractivity contribution in [3.05, 3.63) is 59.4 Å². The largest absolute Gasteiger partial charge is 0.508 e. The number of hydrogen-bond donors (Lipinski definition) is 1. The third-order valence-electron chi connectivity index (χ3n) is 3.82. The summed E-state index contributed by atoms with van der Waals surface area (Å²) in [5.41, 5.74) is 3.31. The smallest absolute Gasteiger partial charge is 0.125 e. The molecule has 1 heterocycles. The van der Waals surface area contributed by atoms with Gasteiger partial charge in [-0.3, -0.25) is 0 Å². The standard InChI is InChI=1S/C16H16FNO/c1-11(12-3-6-15(19)7-4-12)18-9-8-13-2-5-14(17)10-16(13)18/h2-7,10-11,19H,8-9H2,1H3. The minimum Gasteiger partial charge on any atom is -0.508 e. The van der Waals surface area contributed by atoms with Gasteiger partial charge in [0.05, 0.1) is 6.04 Å². The predicted molar refractivity (Wildman–Crippen MR) is 74.0 cm³/mol. The van der Waals surface area contributed by atoms with Gasteiger partial charge in [0.15, 0.2) is 0 Å². The molecule has 0 aromatic heterocycles. The summed E-state index contributed by atoms with van der Waals surface area (Å²) in [5, 5.41) is 9.33. The number of rotatable bonds is 2. The number of phenolic OH excluding ortho intramolecular Hbond substituents is 1. The summed E-state index contributed by atoms with van der Waals surface area (Å²) in [5.74, 6) is 0.0763. The molecule has 2 aromatic carbocycles. The topological polar surface area (TPSA) is 23.5 Å². The van der Waals surface area contributed by atoms with E-state index in [0.717, 1.165) is 24.2 Å². The van der Waals surface area contributed by atoms with Crippen LogP contribution in [0.4, 0.5) is 10.1 Å². The van der Waals surface area contributed by atoms with Crippen LogP contribution < -0.4 is 4.90 Å². The molecular formula is C16H16FNO. The lowest BCUT2D eigenvalue weighted by molar-refractivity contribution is 0.475. The SMILES string of the molecule is CC(c1ccc(O)cc1)N1CCc2ccc(F)cc21. The summed E-state index contributed by atoms with van der Waals surface area (Å²) < 4.78 is 13.4. The van der Waals surface area contributed by atoms with E-state index in [-0.39, 0.29) is 17.6 Å². The zero-order chi connectivity index (χ0) is 13.4. The van der Waals surface area contributed by atoms with Crippen molar-refractivity contribution in [2.24, 2.45) is 0 Å². The second-order valence-electron chi connectivity index (χ2n) is 4.98. The van der Waals surface area contributed by atoms with Gasteiger partial charge in [0.25, 0.3) is 0 Å². The van der Waals surface area contributed by atoms with Crippen molar-refractivity contribution in [3.63, 3.8) is 0 Å². The van der Waals surface area contributed by atoms with Crippen LogP contribution in [0.15, 0.2) is 42.5 Å². The molecule has 0 saturated carbocycles. The van der Waals surface area contributed by atoms with E-state index < -0.39 is 0 Å². The fourth-order valence-electron chi connectivity index (χ4n) is 2.71. The third kappa shape index (κ3) is 2.16. The van der Waals surface area contributed by atoms with Crippen LogP contribution in [-0.2, 0) is 6.42 Å². The van der Waals surface area contributed by atoms with Crippen LogP contribution in [0.5, 0.6) is 5.75 Å². The summed E-state index contributed by atoms with van der Waals surface area (Å²) in [7, 11) is 0. The van der Waals surface area contributed by atoms with Crippen molar-refractivity contribution < 1.29 is 9.50 Å². The molecule has 0 spiro atoms. The highest BCUT2D eigenvalue weighted by Gasteiger charge is 2.24. The summed E-state index contributed by atoms with van der Waals surface area (Å²) in [6.45, 7) is 3.01. The van der Waals surface area contributed by atoms with Crippen molar-refractivity contribution in [2.75, 3.05) is 11.4 Å². The van der Waals surface area contributed by atoms with E-state index >= 15 is 0 Å². The number of hydrogen-bond acceptors (Lipinski definition) is 2. The lowest BCUT2D eigenvalue weighted by Crippen LogP contribution is -2.24. The second-order valence-corrected chi connectivity index (χ2v) is 4.98. The van der Waals surface area contributed by atoms with Gasteiger partial charge in [0, 0.05) is 12.2 Å². The number of anilines is 1. The molecule has 2 aromatic rings. The maximum absolute atomic E-state index is 13.4. The Balaban J connectivity index is 1.92. The highest BCUT2D eigenvalue weighted by atomic mass is 19.1. The molecule has 1 atom stereocenters. The number of fused-ring (bicyclic) bond motifs is 1. The molecular weight excluding hydrogens is 241 g/mol. The molecule has 0 saturated heterocycles. The maximum atomic E-state index is 13.4. The second kappa shape index (κ2) is 4.57. The highest BCUT2D eigenvalue weighted by molar-refractivity contribution is 5.59. The molecule has 19 heavy (non-hydrogen) atoms. The van der Waals surface area contributed by atoms with Crippen LogP contribution in [0.3, 0.4) is 0 Å². The first-order valence-electron chi connectivity index (χ1n) is 6.49. The zero-order valence-electron chi connectivity index (χ0n) is 10.8. The van der Waals surface area contributed by atoms with Crippen LogP contribution in [0.25, 0.3) is 0 Å². The van der Waals surface area contributed by atoms with Crippen molar-refractivity contribution in [3.8, 4) is 5.75 Å². The molecule has 3 rings (SSSR count). The molecule has 0 amide bonds. The molecule has 0 radical (unpaired) electrons. The van der Waals surface area contributed by atoms with Gasteiger partial charge in [-0.15, -0.1) is 0 Å². The molecule has 1 unspecified atom stereocenters. The molecule has 98 valence electrons. The Hall–Kier alpha value is -2.03. The third-order valence-corrected chi connectivity index (χ3v) is 3.82. The molecule has 0 aliphatic carbocycles. The number of aromatic hydroxyl groups is 1. The Morgan fingerprint density at radius 3 is 2.63 bits per heavy atom. The van der Waals surface area contributed by atoms with E-state index in [1.165, 1.54) is 11.6 Å². The Kier molecular flexibility index (Phi) is 2.90. The van der Waals surface area contributed by atoms with E-state index in [2.05, 4.69) is 11.8 Å². The average molecular weight is 257 g/mol. The van der Waals surface area contributed by atoms with Gasteiger partial charge in [-0.05, 0) is 48.7 Å². The van der Waals surface area contributed by atoms with Crippen molar-refractivity contribution in [2.45, 2.75) is 19.4 Å². The van der Waals surface area contributed by atoms with Crippen LogP contribution in [0, 0.1) is 5.82 Å². The summed E-state index contributed by atoms with van der Waals surface area (Å²) >= 11 is 0. The summed E-state index contributed by atoms with van der Waals surface area (Å²) in [6, 6.07) is 12.4. The Bertz CT molecular complexity index is 594. The summed E-state index contributed by atoms with van der Waals surface area (Å²) in [6.07, 6.45) is 0.956.